The average molecular weight is 426 g/mol. The molecule has 30 heavy (non-hydrogen) atoms. The lowest BCUT2D eigenvalue weighted by atomic mass is 9.93. The molecular weight excluding hydrogens is 404 g/mol. The molecule has 1 fully saturated rings. The van der Waals surface area contributed by atoms with Crippen molar-refractivity contribution in [3.63, 3.8) is 0 Å². The van der Waals surface area contributed by atoms with Gasteiger partial charge in [0.05, 0.1) is 18.0 Å². The van der Waals surface area contributed by atoms with Gasteiger partial charge in [0.2, 0.25) is 0 Å². The Labute approximate surface area is 170 Å². The highest BCUT2D eigenvalue weighted by Crippen LogP contribution is 2.34. The molecule has 0 spiro atoms. The lowest BCUT2D eigenvalue weighted by molar-refractivity contribution is -0.0535. The minimum atomic E-state index is -1.42. The number of fused-ring (bicyclic) bond motifs is 1. The second-order valence-electron chi connectivity index (χ2n) is 7.60. The molecule has 7 nitrogen and oxygen atoms in total. The number of imidazole rings is 1. The van der Waals surface area contributed by atoms with Crippen LogP contribution in [0.4, 0.5) is 17.7 Å². The van der Waals surface area contributed by atoms with Crippen LogP contribution in [0, 0.1) is 17.0 Å². The summed E-state index contributed by atoms with van der Waals surface area (Å²) in [6.45, 7) is -0.218. The first-order chi connectivity index (χ1) is 14.3. The molecule has 2 aliphatic rings. The van der Waals surface area contributed by atoms with E-state index in [0.717, 1.165) is 23.9 Å². The fourth-order valence-electron chi connectivity index (χ4n) is 4.14. The van der Waals surface area contributed by atoms with Gasteiger partial charge in [-0.3, -0.25) is 10.3 Å². The Hall–Kier alpha value is -2.50. The normalized spacial score (nSPS) is 24.1. The number of alkyl halides is 1. The maximum Gasteiger partial charge on any atom is 0.196 e. The van der Waals surface area contributed by atoms with E-state index in [1.165, 1.54) is 0 Å². The maximum absolute atomic E-state index is 14.1. The summed E-state index contributed by atoms with van der Waals surface area (Å²) in [4.78, 5) is 6.38. The number of rotatable bonds is 4. The standard InChI is InChI=1S/C19H22F4N6O/c1-27-16-7-28(6-15(16)26-19(27)18(25)29(23)9-20)11-5-14(24)17(30-8-11)12-4-10(21)2-3-13(12)22/h2-4,11,14,17,25H,5-9,24H2,1H3/t11?,14?,17-/m1/s1. The number of ether oxygens (including phenoxy) is 1. The third kappa shape index (κ3) is 3.57. The summed E-state index contributed by atoms with van der Waals surface area (Å²) in [6, 6.07) is 2.64. The van der Waals surface area contributed by atoms with Gasteiger partial charge in [-0.25, -0.2) is 18.2 Å². The Bertz CT molecular complexity index is 967. The zero-order valence-corrected chi connectivity index (χ0v) is 16.3. The third-order valence-corrected chi connectivity index (χ3v) is 5.74. The lowest BCUT2D eigenvalue weighted by Crippen LogP contribution is -2.48. The fourth-order valence-corrected chi connectivity index (χ4v) is 4.14. The molecule has 162 valence electrons. The van der Waals surface area contributed by atoms with Crippen LogP contribution in [0.2, 0.25) is 0 Å². The second kappa shape index (κ2) is 7.97. The van der Waals surface area contributed by atoms with Crippen molar-refractivity contribution in [2.75, 3.05) is 13.4 Å². The van der Waals surface area contributed by atoms with Crippen molar-refractivity contribution in [1.82, 2.24) is 19.6 Å². The third-order valence-electron chi connectivity index (χ3n) is 5.74. The number of hydrogen-bond donors (Lipinski definition) is 2. The van der Waals surface area contributed by atoms with E-state index in [1.54, 1.807) is 11.6 Å². The van der Waals surface area contributed by atoms with Gasteiger partial charge in [0.1, 0.15) is 17.7 Å². The number of benzene rings is 1. The van der Waals surface area contributed by atoms with Crippen LogP contribution in [-0.4, -0.2) is 50.9 Å². The zero-order valence-electron chi connectivity index (χ0n) is 16.3. The van der Waals surface area contributed by atoms with Gasteiger partial charge in [0.25, 0.3) is 0 Å². The predicted molar refractivity (Wildman–Crippen MR) is 99.6 cm³/mol. The smallest absolute Gasteiger partial charge is 0.196 e. The lowest BCUT2D eigenvalue weighted by Gasteiger charge is -2.38. The molecule has 2 aliphatic heterocycles. The van der Waals surface area contributed by atoms with E-state index in [1.807, 2.05) is 0 Å². The quantitative estimate of drug-likeness (QED) is 0.258. The topological polar surface area (TPSA) is 83.4 Å². The molecule has 2 aromatic rings. The molecule has 1 saturated heterocycles. The second-order valence-corrected chi connectivity index (χ2v) is 7.60. The van der Waals surface area contributed by atoms with Crippen LogP contribution in [0.15, 0.2) is 18.2 Å². The summed E-state index contributed by atoms with van der Waals surface area (Å²) in [5.74, 6) is -1.69. The zero-order chi connectivity index (χ0) is 21.6. The summed E-state index contributed by atoms with van der Waals surface area (Å²) in [7, 11) is 1.65. The minimum absolute atomic E-state index is 0.0537. The Morgan fingerprint density at radius 3 is 2.80 bits per heavy atom. The molecule has 0 saturated carbocycles. The van der Waals surface area contributed by atoms with Crippen molar-refractivity contribution < 1.29 is 22.4 Å². The number of halogens is 4. The minimum Gasteiger partial charge on any atom is -0.370 e. The van der Waals surface area contributed by atoms with E-state index >= 15 is 0 Å². The first-order valence-corrected chi connectivity index (χ1v) is 9.49. The number of nitrogens with zero attached hydrogens (tertiary/aromatic N) is 4. The molecule has 0 amide bonds. The van der Waals surface area contributed by atoms with E-state index in [0.29, 0.717) is 25.2 Å². The maximum atomic E-state index is 14.1. The van der Waals surface area contributed by atoms with Gasteiger partial charge in [-0.2, -0.15) is 5.12 Å². The van der Waals surface area contributed by atoms with Crippen molar-refractivity contribution in [3.05, 3.63) is 52.6 Å². The number of nitrogens with two attached hydrogens (primary N) is 1. The van der Waals surface area contributed by atoms with Crippen LogP contribution < -0.4 is 5.73 Å². The largest absolute Gasteiger partial charge is 0.370 e. The molecule has 2 unspecified atom stereocenters. The monoisotopic (exact) mass is 426 g/mol. The summed E-state index contributed by atoms with van der Waals surface area (Å²) < 4.78 is 60.9. The summed E-state index contributed by atoms with van der Waals surface area (Å²) in [5, 5.41) is 7.40. The van der Waals surface area contributed by atoms with Gasteiger partial charge in [0.15, 0.2) is 18.5 Å². The van der Waals surface area contributed by atoms with Crippen molar-refractivity contribution >= 4 is 5.84 Å². The molecule has 4 rings (SSSR count). The van der Waals surface area contributed by atoms with Gasteiger partial charge in [-0.05, 0) is 24.6 Å². The van der Waals surface area contributed by atoms with E-state index < -0.39 is 36.4 Å². The summed E-state index contributed by atoms with van der Waals surface area (Å²) in [6.07, 6.45) is -0.222. The molecule has 0 bridgehead atoms. The highest BCUT2D eigenvalue weighted by Gasteiger charge is 2.38. The van der Waals surface area contributed by atoms with E-state index in [2.05, 4.69) is 9.88 Å². The molecule has 1 aromatic carbocycles. The van der Waals surface area contributed by atoms with Gasteiger partial charge >= 0.3 is 0 Å². The van der Waals surface area contributed by atoms with Crippen molar-refractivity contribution in [2.24, 2.45) is 12.8 Å². The van der Waals surface area contributed by atoms with Crippen LogP contribution in [0.3, 0.4) is 0 Å². The predicted octanol–water partition coefficient (Wildman–Crippen LogP) is 2.31. The Morgan fingerprint density at radius 1 is 1.37 bits per heavy atom. The number of hydrogen-bond acceptors (Lipinski definition) is 5. The molecule has 1 aromatic heterocycles. The van der Waals surface area contributed by atoms with E-state index in [-0.39, 0.29) is 29.2 Å². The van der Waals surface area contributed by atoms with Crippen LogP contribution in [0.5, 0.6) is 0 Å². The first kappa shape index (κ1) is 20.8. The van der Waals surface area contributed by atoms with Crippen LogP contribution in [-0.2, 0) is 24.9 Å². The van der Waals surface area contributed by atoms with Gasteiger partial charge in [-0.1, -0.05) is 4.48 Å². The van der Waals surface area contributed by atoms with Gasteiger partial charge in [-0.15, -0.1) is 0 Å². The number of amidine groups is 1. The summed E-state index contributed by atoms with van der Waals surface area (Å²) in [5.41, 5.74) is 7.83. The number of aromatic nitrogens is 2. The Morgan fingerprint density at radius 2 is 2.13 bits per heavy atom. The van der Waals surface area contributed by atoms with Gasteiger partial charge in [0, 0.05) is 37.8 Å². The Balaban J connectivity index is 1.44. The van der Waals surface area contributed by atoms with E-state index in [4.69, 9.17) is 15.9 Å². The van der Waals surface area contributed by atoms with Crippen LogP contribution in [0.25, 0.3) is 0 Å². The summed E-state index contributed by atoms with van der Waals surface area (Å²) >= 11 is 0. The van der Waals surface area contributed by atoms with Crippen molar-refractivity contribution in [2.45, 2.75) is 37.7 Å². The fraction of sp³-hybridized carbons (Fsp3) is 0.474. The highest BCUT2D eigenvalue weighted by atomic mass is 19.2. The average Bonchev–Trinajstić information content (AvgIpc) is 3.28. The van der Waals surface area contributed by atoms with Crippen LogP contribution >= 0.6 is 0 Å². The number of nitrogens with one attached hydrogen (secondary N) is 1. The van der Waals surface area contributed by atoms with Crippen LogP contribution in [0.1, 0.15) is 35.3 Å². The molecule has 0 aliphatic carbocycles. The van der Waals surface area contributed by atoms with E-state index in [9.17, 15) is 17.7 Å². The van der Waals surface area contributed by atoms with Gasteiger partial charge < -0.3 is 15.0 Å². The highest BCUT2D eigenvalue weighted by molar-refractivity contribution is 5.92. The molecule has 11 heteroatoms. The van der Waals surface area contributed by atoms with Crippen molar-refractivity contribution in [3.8, 4) is 0 Å². The molecule has 3 heterocycles. The Kier molecular flexibility index (Phi) is 5.51. The molecule has 3 atom stereocenters. The molecule has 3 N–H and O–H groups in total. The SMILES string of the molecule is Cn1c(C(=N)N(F)CF)nc2c1CN(C1CO[C@H](c3cc(F)ccc3F)C(N)C1)C2. The van der Waals surface area contributed by atoms with Crippen molar-refractivity contribution in [1.29, 1.82) is 5.41 Å². The first-order valence-electron chi connectivity index (χ1n) is 9.49. The molecule has 0 radical (unpaired) electrons. The molecular formula is C19H22F4N6O.